The summed E-state index contributed by atoms with van der Waals surface area (Å²) in [5.41, 5.74) is -0.430. The average molecular weight is 331 g/mol. The average Bonchev–Trinajstić information content (AvgIpc) is 2.25. The molecule has 0 aliphatic rings. The van der Waals surface area contributed by atoms with Crippen molar-refractivity contribution >= 4 is 27.5 Å². The van der Waals surface area contributed by atoms with Gasteiger partial charge in [-0.15, -0.1) is 0 Å². The van der Waals surface area contributed by atoms with Gasteiger partial charge in [-0.05, 0) is 12.1 Å². The molecule has 1 aromatic carbocycles. The van der Waals surface area contributed by atoms with Crippen LogP contribution in [0.2, 0.25) is 5.02 Å². The Morgan fingerprint density at radius 3 is 2.45 bits per heavy atom. The number of carbonyl (C=O) groups is 1. The van der Waals surface area contributed by atoms with Crippen molar-refractivity contribution in [3.63, 3.8) is 0 Å². The van der Waals surface area contributed by atoms with Crippen LogP contribution in [0.4, 0.5) is 13.2 Å². The van der Waals surface area contributed by atoms with E-state index in [2.05, 4.69) is 0 Å². The fourth-order valence-corrected chi connectivity index (χ4v) is 2.25. The molecule has 5 nitrogen and oxygen atoms in total. The highest BCUT2D eigenvalue weighted by atomic mass is 35.5. The number of carbonyl (C=O) groups excluding carboxylic acids is 1. The minimum Gasteiger partial charge on any atom is -0.336 e. The van der Waals surface area contributed by atoms with Crippen molar-refractivity contribution in [2.75, 3.05) is 13.6 Å². The molecule has 0 fully saturated rings. The van der Waals surface area contributed by atoms with Gasteiger partial charge in [-0.1, -0.05) is 11.6 Å². The first kappa shape index (κ1) is 16.7. The van der Waals surface area contributed by atoms with Gasteiger partial charge in [-0.3, -0.25) is 4.79 Å². The molecule has 0 aliphatic heterocycles. The molecular weight excluding hydrogens is 321 g/mol. The Kier molecular flexibility index (Phi) is 5.00. The SMILES string of the molecule is CN(CC(F)F)C(=O)c1cc(S(N)(=O)=O)c(F)cc1Cl. The Bertz CT molecular complexity index is 637. The number of hydrogen-bond donors (Lipinski definition) is 1. The van der Waals surface area contributed by atoms with Crippen molar-refractivity contribution < 1.29 is 26.4 Å². The van der Waals surface area contributed by atoms with Crippen molar-refractivity contribution in [1.82, 2.24) is 4.90 Å². The second-order valence-corrected chi connectivity index (χ2v) is 5.82. The number of primary sulfonamides is 1. The maximum Gasteiger partial charge on any atom is 0.255 e. The lowest BCUT2D eigenvalue weighted by Crippen LogP contribution is -2.31. The molecule has 0 heterocycles. The van der Waals surface area contributed by atoms with Crippen LogP contribution >= 0.6 is 11.6 Å². The molecule has 1 amide bonds. The first-order valence-electron chi connectivity index (χ1n) is 5.09. The van der Waals surface area contributed by atoms with Gasteiger partial charge in [0.2, 0.25) is 10.0 Å². The molecule has 0 unspecified atom stereocenters. The van der Waals surface area contributed by atoms with Crippen LogP contribution in [0.1, 0.15) is 10.4 Å². The van der Waals surface area contributed by atoms with Crippen LogP contribution in [0, 0.1) is 5.82 Å². The van der Waals surface area contributed by atoms with Gasteiger partial charge >= 0.3 is 0 Å². The van der Waals surface area contributed by atoms with Gasteiger partial charge in [-0.25, -0.2) is 26.7 Å². The number of nitrogens with two attached hydrogens (primary N) is 1. The van der Waals surface area contributed by atoms with E-state index >= 15 is 0 Å². The predicted octanol–water partition coefficient (Wildman–Crippen LogP) is 1.46. The van der Waals surface area contributed by atoms with Gasteiger partial charge in [0.25, 0.3) is 12.3 Å². The van der Waals surface area contributed by atoms with E-state index in [0.717, 1.165) is 7.05 Å². The normalized spacial score (nSPS) is 11.8. The number of hydrogen-bond acceptors (Lipinski definition) is 3. The molecule has 0 atom stereocenters. The van der Waals surface area contributed by atoms with Gasteiger partial charge in [0.15, 0.2) is 0 Å². The monoisotopic (exact) mass is 330 g/mol. The minimum absolute atomic E-state index is 0.402. The van der Waals surface area contributed by atoms with E-state index < -0.39 is 50.2 Å². The minimum atomic E-state index is -4.41. The van der Waals surface area contributed by atoms with Gasteiger partial charge in [0, 0.05) is 7.05 Å². The fraction of sp³-hybridized carbons (Fsp3) is 0.300. The molecule has 1 rings (SSSR count). The Labute approximate surface area is 118 Å². The third-order valence-corrected chi connectivity index (χ3v) is 3.56. The highest BCUT2D eigenvalue weighted by Gasteiger charge is 2.23. The second-order valence-electron chi connectivity index (χ2n) is 3.88. The quantitative estimate of drug-likeness (QED) is 0.907. The van der Waals surface area contributed by atoms with Crippen LogP contribution in [-0.4, -0.2) is 39.2 Å². The zero-order valence-electron chi connectivity index (χ0n) is 10.1. The molecule has 0 aromatic heterocycles. The third kappa shape index (κ3) is 3.84. The smallest absolute Gasteiger partial charge is 0.255 e. The number of alkyl halides is 2. The summed E-state index contributed by atoms with van der Waals surface area (Å²) in [6.07, 6.45) is -2.78. The van der Waals surface area contributed by atoms with E-state index in [1.165, 1.54) is 0 Å². The second kappa shape index (κ2) is 5.98. The lowest BCUT2D eigenvalue weighted by atomic mass is 10.2. The Morgan fingerprint density at radius 1 is 1.45 bits per heavy atom. The zero-order chi connectivity index (χ0) is 15.7. The topological polar surface area (TPSA) is 80.5 Å². The van der Waals surface area contributed by atoms with Crippen molar-refractivity contribution in [1.29, 1.82) is 0 Å². The largest absolute Gasteiger partial charge is 0.336 e. The Morgan fingerprint density at radius 2 is 2.00 bits per heavy atom. The summed E-state index contributed by atoms with van der Waals surface area (Å²) in [5.74, 6) is -2.20. The first-order valence-corrected chi connectivity index (χ1v) is 7.02. The van der Waals surface area contributed by atoms with Gasteiger partial charge < -0.3 is 4.90 Å². The fourth-order valence-electron chi connectivity index (χ4n) is 1.41. The van der Waals surface area contributed by atoms with Crippen LogP contribution in [0.15, 0.2) is 17.0 Å². The highest BCUT2D eigenvalue weighted by Crippen LogP contribution is 2.24. The van der Waals surface area contributed by atoms with E-state index in [0.29, 0.717) is 17.0 Å². The summed E-state index contributed by atoms with van der Waals surface area (Å²) in [7, 11) is -3.33. The van der Waals surface area contributed by atoms with E-state index in [9.17, 15) is 26.4 Å². The lowest BCUT2D eigenvalue weighted by Gasteiger charge is -2.17. The van der Waals surface area contributed by atoms with Crippen LogP contribution in [0.3, 0.4) is 0 Å². The van der Waals surface area contributed by atoms with Gasteiger partial charge in [-0.2, -0.15) is 0 Å². The summed E-state index contributed by atoms with van der Waals surface area (Å²) in [6.45, 7) is -0.878. The first-order chi connectivity index (χ1) is 9.04. The summed E-state index contributed by atoms with van der Waals surface area (Å²) >= 11 is 5.62. The van der Waals surface area contributed by atoms with Gasteiger partial charge in [0.1, 0.15) is 10.7 Å². The van der Waals surface area contributed by atoms with Crippen LogP contribution < -0.4 is 5.14 Å². The molecule has 20 heavy (non-hydrogen) atoms. The van der Waals surface area contributed by atoms with E-state index in [1.807, 2.05) is 0 Å². The summed E-state index contributed by atoms with van der Waals surface area (Å²) in [5, 5.41) is 4.38. The molecule has 1 aromatic rings. The predicted molar refractivity (Wildman–Crippen MR) is 65.7 cm³/mol. The summed E-state index contributed by atoms with van der Waals surface area (Å²) in [4.78, 5) is 11.5. The Hall–Kier alpha value is -1.32. The maximum atomic E-state index is 13.4. The summed E-state index contributed by atoms with van der Waals surface area (Å²) in [6, 6.07) is 1.21. The molecule has 0 radical (unpaired) electrons. The molecule has 0 bridgehead atoms. The number of halogens is 4. The van der Waals surface area contributed by atoms with Crippen LogP contribution in [0.25, 0.3) is 0 Å². The third-order valence-electron chi connectivity index (χ3n) is 2.32. The number of rotatable bonds is 4. The maximum absolute atomic E-state index is 13.4. The van der Waals surface area contributed by atoms with Crippen molar-refractivity contribution in [2.45, 2.75) is 11.3 Å². The number of amides is 1. The lowest BCUT2D eigenvalue weighted by molar-refractivity contribution is 0.0620. The van der Waals surface area contributed by atoms with E-state index in [1.54, 1.807) is 0 Å². The van der Waals surface area contributed by atoms with Crippen molar-refractivity contribution in [2.24, 2.45) is 5.14 Å². The molecule has 10 heteroatoms. The number of nitrogens with zero attached hydrogens (tertiary/aromatic N) is 1. The molecule has 112 valence electrons. The van der Waals surface area contributed by atoms with E-state index in [-0.39, 0.29) is 0 Å². The summed E-state index contributed by atoms with van der Waals surface area (Å²) < 4.78 is 60.1. The standard InChI is InChI=1S/C10H10ClF3N2O3S/c1-16(4-9(13)14)10(17)5-2-8(20(15,18)19)7(12)3-6(5)11/h2-3,9H,4H2,1H3,(H2,15,18,19). The van der Waals surface area contributed by atoms with Crippen LogP contribution in [0.5, 0.6) is 0 Å². The van der Waals surface area contributed by atoms with Gasteiger partial charge in [0.05, 0.1) is 17.1 Å². The highest BCUT2D eigenvalue weighted by molar-refractivity contribution is 7.89. The molecule has 0 saturated heterocycles. The number of benzene rings is 1. The zero-order valence-corrected chi connectivity index (χ0v) is 11.7. The van der Waals surface area contributed by atoms with Crippen molar-refractivity contribution in [3.05, 3.63) is 28.5 Å². The van der Waals surface area contributed by atoms with E-state index in [4.69, 9.17) is 16.7 Å². The molecule has 0 spiro atoms. The molecule has 0 saturated carbocycles. The molecular formula is C10H10ClF3N2O3S. The Balaban J connectivity index is 3.29. The molecule has 0 aliphatic carbocycles. The molecule has 2 N–H and O–H groups in total. The van der Waals surface area contributed by atoms with Crippen LogP contribution in [-0.2, 0) is 10.0 Å². The number of sulfonamides is 1. The van der Waals surface area contributed by atoms with Crippen molar-refractivity contribution in [3.8, 4) is 0 Å².